The summed E-state index contributed by atoms with van der Waals surface area (Å²) in [6, 6.07) is 10.2. The first-order valence-electron chi connectivity index (χ1n) is 11.3. The molecule has 0 amide bonds. The van der Waals surface area contributed by atoms with Gasteiger partial charge in [-0.15, -0.1) is 0 Å². The average Bonchev–Trinajstić information content (AvgIpc) is 3.26. The minimum atomic E-state index is -3.49. The van der Waals surface area contributed by atoms with Crippen molar-refractivity contribution in [3.63, 3.8) is 0 Å². The standard InChI is InChI=1S/C25H33N3O5S/c1-7-20-15-21(13-18(4)23(20)31-9-10-32-34(6,29)30)24-26-25(33-27-24)22-12-17(3)11-19(14-22)16-28(5)8-2/h11-15H,7-10,16H2,1-6H3. The minimum Gasteiger partial charge on any atom is -0.491 e. The highest BCUT2D eigenvalue weighted by molar-refractivity contribution is 7.85. The fourth-order valence-electron chi connectivity index (χ4n) is 3.73. The van der Waals surface area contributed by atoms with Crippen LogP contribution in [0.3, 0.4) is 0 Å². The lowest BCUT2D eigenvalue weighted by Crippen LogP contribution is -2.16. The number of hydrogen-bond donors (Lipinski definition) is 0. The van der Waals surface area contributed by atoms with Gasteiger partial charge in [-0.05, 0) is 74.8 Å². The third-order valence-corrected chi connectivity index (χ3v) is 6.02. The Morgan fingerprint density at radius 3 is 2.47 bits per heavy atom. The molecule has 0 unspecified atom stereocenters. The molecular formula is C25H33N3O5S. The van der Waals surface area contributed by atoms with Crippen molar-refractivity contribution in [2.45, 2.75) is 40.7 Å². The second kappa shape index (κ2) is 11.1. The summed E-state index contributed by atoms with van der Waals surface area (Å²) < 4.78 is 38.5. The molecule has 3 rings (SSSR count). The Kier molecular flexibility index (Phi) is 8.46. The Morgan fingerprint density at radius 2 is 1.79 bits per heavy atom. The van der Waals surface area contributed by atoms with Crippen LogP contribution in [0.4, 0.5) is 0 Å². The van der Waals surface area contributed by atoms with Gasteiger partial charge in [-0.1, -0.05) is 30.6 Å². The van der Waals surface area contributed by atoms with Crippen LogP contribution in [-0.4, -0.2) is 56.5 Å². The van der Waals surface area contributed by atoms with Gasteiger partial charge in [0, 0.05) is 17.7 Å². The third-order valence-electron chi connectivity index (χ3n) is 5.42. The predicted molar refractivity (Wildman–Crippen MR) is 132 cm³/mol. The molecule has 1 aromatic heterocycles. The number of hydrogen-bond acceptors (Lipinski definition) is 8. The lowest BCUT2D eigenvalue weighted by Gasteiger charge is -2.14. The van der Waals surface area contributed by atoms with Crippen molar-refractivity contribution >= 4 is 10.1 Å². The summed E-state index contributed by atoms with van der Waals surface area (Å²) in [5, 5.41) is 4.22. The molecule has 0 saturated carbocycles. The zero-order valence-electron chi connectivity index (χ0n) is 20.7. The van der Waals surface area contributed by atoms with E-state index in [1.165, 1.54) is 5.56 Å². The summed E-state index contributed by atoms with van der Waals surface area (Å²) in [7, 11) is -1.40. The molecule has 0 atom stereocenters. The zero-order valence-corrected chi connectivity index (χ0v) is 21.5. The van der Waals surface area contributed by atoms with Crippen LogP contribution in [0.5, 0.6) is 5.75 Å². The van der Waals surface area contributed by atoms with Crippen LogP contribution in [0.2, 0.25) is 0 Å². The summed E-state index contributed by atoms with van der Waals surface area (Å²) in [5.41, 5.74) is 5.95. The smallest absolute Gasteiger partial charge is 0.264 e. The molecular weight excluding hydrogens is 454 g/mol. The first-order valence-corrected chi connectivity index (χ1v) is 13.2. The van der Waals surface area contributed by atoms with E-state index in [0.29, 0.717) is 11.7 Å². The van der Waals surface area contributed by atoms with Crippen LogP contribution in [0.15, 0.2) is 34.9 Å². The Morgan fingerprint density at radius 1 is 1.03 bits per heavy atom. The van der Waals surface area contributed by atoms with Gasteiger partial charge in [0.25, 0.3) is 16.0 Å². The second-order valence-electron chi connectivity index (χ2n) is 8.47. The molecule has 0 spiro atoms. The van der Waals surface area contributed by atoms with Crippen LogP contribution in [-0.2, 0) is 27.3 Å². The number of benzene rings is 2. The van der Waals surface area contributed by atoms with E-state index in [-0.39, 0.29) is 13.2 Å². The van der Waals surface area contributed by atoms with Crippen molar-refractivity contribution in [2.24, 2.45) is 0 Å². The Hall–Kier alpha value is -2.75. The fraction of sp³-hybridized carbons (Fsp3) is 0.440. The summed E-state index contributed by atoms with van der Waals surface area (Å²) in [6.45, 7) is 10.1. The first-order chi connectivity index (χ1) is 16.1. The minimum absolute atomic E-state index is 0.0378. The summed E-state index contributed by atoms with van der Waals surface area (Å²) >= 11 is 0. The van der Waals surface area contributed by atoms with E-state index in [9.17, 15) is 8.42 Å². The quantitative estimate of drug-likeness (QED) is 0.290. The van der Waals surface area contributed by atoms with E-state index in [1.54, 1.807) is 0 Å². The molecule has 8 nitrogen and oxygen atoms in total. The van der Waals surface area contributed by atoms with Gasteiger partial charge in [-0.2, -0.15) is 13.4 Å². The molecule has 9 heteroatoms. The second-order valence-corrected chi connectivity index (χ2v) is 10.1. The van der Waals surface area contributed by atoms with Crippen LogP contribution in [0.25, 0.3) is 22.8 Å². The van der Waals surface area contributed by atoms with Crippen LogP contribution < -0.4 is 4.74 Å². The average molecular weight is 488 g/mol. The third kappa shape index (κ3) is 6.88. The van der Waals surface area contributed by atoms with E-state index in [1.807, 2.05) is 32.0 Å². The summed E-state index contributed by atoms with van der Waals surface area (Å²) in [6.07, 6.45) is 1.75. The Bertz CT molecular complexity index is 1240. The maximum Gasteiger partial charge on any atom is 0.264 e. The molecule has 1 heterocycles. The van der Waals surface area contributed by atoms with Crippen molar-refractivity contribution in [3.05, 3.63) is 52.6 Å². The van der Waals surface area contributed by atoms with Crippen LogP contribution >= 0.6 is 0 Å². The van der Waals surface area contributed by atoms with Gasteiger partial charge in [-0.25, -0.2) is 0 Å². The zero-order chi connectivity index (χ0) is 24.9. The predicted octanol–water partition coefficient (Wildman–Crippen LogP) is 4.39. The van der Waals surface area contributed by atoms with Crippen LogP contribution in [0, 0.1) is 13.8 Å². The monoisotopic (exact) mass is 487 g/mol. The van der Waals surface area contributed by atoms with Crippen molar-refractivity contribution in [1.82, 2.24) is 15.0 Å². The van der Waals surface area contributed by atoms with Crippen LogP contribution in [0.1, 0.15) is 36.1 Å². The largest absolute Gasteiger partial charge is 0.491 e. The topological polar surface area (TPSA) is 94.8 Å². The summed E-state index contributed by atoms with van der Waals surface area (Å²) in [4.78, 5) is 6.90. The van der Waals surface area contributed by atoms with Gasteiger partial charge in [-0.3, -0.25) is 4.18 Å². The first kappa shape index (κ1) is 25.9. The maximum absolute atomic E-state index is 11.1. The number of nitrogens with zero attached hydrogens (tertiary/aromatic N) is 3. The van der Waals surface area contributed by atoms with Crippen molar-refractivity contribution in [2.75, 3.05) is 33.1 Å². The van der Waals surface area contributed by atoms with Gasteiger partial charge < -0.3 is 14.2 Å². The SMILES string of the molecule is CCc1cc(-c2noc(-c3cc(C)cc(CN(C)CC)c3)n2)cc(C)c1OCCOS(C)(=O)=O. The Labute approximate surface area is 202 Å². The highest BCUT2D eigenvalue weighted by Gasteiger charge is 2.16. The molecule has 0 aliphatic heterocycles. The van der Waals surface area contributed by atoms with E-state index >= 15 is 0 Å². The van der Waals surface area contributed by atoms with E-state index in [4.69, 9.17) is 13.4 Å². The Balaban J connectivity index is 1.83. The summed E-state index contributed by atoms with van der Waals surface area (Å²) in [5.74, 6) is 1.71. The van der Waals surface area contributed by atoms with E-state index < -0.39 is 10.1 Å². The molecule has 184 valence electrons. The number of rotatable bonds is 11. The molecule has 0 radical (unpaired) electrons. The van der Waals surface area contributed by atoms with Crippen molar-refractivity contribution in [1.29, 1.82) is 0 Å². The molecule has 3 aromatic rings. The number of aryl methyl sites for hydroxylation is 3. The molecule has 0 N–H and O–H groups in total. The molecule has 0 aliphatic carbocycles. The van der Waals surface area contributed by atoms with Gasteiger partial charge in [0.2, 0.25) is 5.82 Å². The normalized spacial score (nSPS) is 11.9. The van der Waals surface area contributed by atoms with Gasteiger partial charge in [0.15, 0.2) is 0 Å². The van der Waals surface area contributed by atoms with Gasteiger partial charge >= 0.3 is 0 Å². The maximum atomic E-state index is 11.1. The molecule has 0 fully saturated rings. The molecule has 0 aliphatic rings. The lowest BCUT2D eigenvalue weighted by molar-refractivity contribution is 0.220. The number of ether oxygens (including phenoxy) is 1. The van der Waals surface area contributed by atoms with Crippen molar-refractivity contribution < 1.29 is 21.9 Å². The molecule has 0 saturated heterocycles. The molecule has 2 aromatic carbocycles. The highest BCUT2D eigenvalue weighted by atomic mass is 32.2. The van der Waals surface area contributed by atoms with E-state index in [2.05, 4.69) is 48.1 Å². The fourth-order valence-corrected chi connectivity index (χ4v) is 4.10. The number of aromatic nitrogens is 2. The lowest BCUT2D eigenvalue weighted by atomic mass is 10.0. The van der Waals surface area contributed by atoms with Gasteiger partial charge in [0.1, 0.15) is 19.0 Å². The van der Waals surface area contributed by atoms with E-state index in [0.717, 1.165) is 59.3 Å². The molecule has 0 bridgehead atoms. The van der Waals surface area contributed by atoms with Gasteiger partial charge in [0.05, 0.1) is 6.26 Å². The molecule has 34 heavy (non-hydrogen) atoms. The highest BCUT2D eigenvalue weighted by Crippen LogP contribution is 2.31. The van der Waals surface area contributed by atoms with Crippen molar-refractivity contribution in [3.8, 4) is 28.6 Å².